The lowest BCUT2D eigenvalue weighted by molar-refractivity contribution is 0.0872. The maximum atomic E-state index is 8.75. The molecule has 1 fully saturated rings. The van der Waals surface area contributed by atoms with Gasteiger partial charge in [0.15, 0.2) is 0 Å². The summed E-state index contributed by atoms with van der Waals surface area (Å²) in [6.07, 6.45) is 0. The summed E-state index contributed by atoms with van der Waals surface area (Å²) in [5.74, 6) is 1.82. The van der Waals surface area contributed by atoms with Crippen molar-refractivity contribution < 1.29 is 4.42 Å². The van der Waals surface area contributed by atoms with Crippen molar-refractivity contribution in [3.05, 3.63) is 23.7 Å². The number of hydrogen-bond acceptors (Lipinski definition) is 5. The van der Waals surface area contributed by atoms with Gasteiger partial charge >= 0.3 is 0 Å². The van der Waals surface area contributed by atoms with Crippen LogP contribution in [0.2, 0.25) is 0 Å². The van der Waals surface area contributed by atoms with Crippen LogP contribution in [-0.4, -0.2) is 55.6 Å². The molecule has 5 heteroatoms. The number of likely N-dealkylation sites (N-methyl/N-ethyl adjacent to an activating group) is 1. The van der Waals surface area contributed by atoms with Crippen LogP contribution < -0.4 is 5.32 Å². The van der Waals surface area contributed by atoms with Crippen molar-refractivity contribution in [3.63, 3.8) is 0 Å². The third kappa shape index (κ3) is 4.57. The Labute approximate surface area is 127 Å². The molecule has 0 spiro atoms. The van der Waals surface area contributed by atoms with Crippen LogP contribution in [0.5, 0.6) is 0 Å². The number of nitrogens with zero attached hydrogens (tertiary/aromatic N) is 3. The molecule has 1 aliphatic heterocycles. The Morgan fingerprint density at radius 3 is 2.57 bits per heavy atom. The van der Waals surface area contributed by atoms with Gasteiger partial charge in [-0.05, 0) is 25.1 Å². The van der Waals surface area contributed by atoms with E-state index in [0.717, 1.165) is 38.5 Å². The molecule has 0 aliphatic carbocycles. The van der Waals surface area contributed by atoms with E-state index >= 15 is 0 Å². The summed E-state index contributed by atoms with van der Waals surface area (Å²) in [6.45, 7) is 10.8. The van der Waals surface area contributed by atoms with Gasteiger partial charge in [-0.25, -0.2) is 0 Å². The fourth-order valence-corrected chi connectivity index (χ4v) is 2.82. The average molecular weight is 290 g/mol. The summed E-state index contributed by atoms with van der Waals surface area (Å²) >= 11 is 0. The molecule has 116 valence electrons. The molecule has 1 atom stereocenters. The van der Waals surface area contributed by atoms with Crippen LogP contribution in [0.25, 0.3) is 0 Å². The van der Waals surface area contributed by atoms with Gasteiger partial charge < -0.3 is 14.6 Å². The summed E-state index contributed by atoms with van der Waals surface area (Å²) in [6, 6.07) is 6.15. The van der Waals surface area contributed by atoms with Gasteiger partial charge in [0.25, 0.3) is 0 Å². The topological polar surface area (TPSA) is 55.4 Å². The molecule has 1 aliphatic rings. The molecule has 0 radical (unpaired) electrons. The number of nitrogens with one attached hydrogen (secondary N) is 1. The van der Waals surface area contributed by atoms with Crippen LogP contribution in [0.3, 0.4) is 0 Å². The normalized spacial score (nSPS) is 18.8. The smallest absolute Gasteiger partial charge is 0.203 e. The molecule has 1 aromatic heterocycles. The van der Waals surface area contributed by atoms with Crippen molar-refractivity contribution in [2.24, 2.45) is 5.92 Å². The zero-order chi connectivity index (χ0) is 15.2. The predicted molar refractivity (Wildman–Crippen MR) is 82.8 cm³/mol. The zero-order valence-electron chi connectivity index (χ0n) is 13.3. The van der Waals surface area contributed by atoms with Gasteiger partial charge in [0.1, 0.15) is 11.8 Å². The van der Waals surface area contributed by atoms with E-state index < -0.39 is 0 Å². The second-order valence-electron chi connectivity index (χ2n) is 6.16. The van der Waals surface area contributed by atoms with E-state index in [-0.39, 0.29) is 0 Å². The van der Waals surface area contributed by atoms with E-state index in [1.807, 2.05) is 12.1 Å². The Bertz CT molecular complexity index is 469. The molecule has 1 aromatic rings. The monoisotopic (exact) mass is 290 g/mol. The predicted octanol–water partition coefficient (Wildman–Crippen LogP) is 1.51. The van der Waals surface area contributed by atoms with Gasteiger partial charge in [-0.1, -0.05) is 13.8 Å². The van der Waals surface area contributed by atoms with E-state index in [9.17, 15) is 0 Å². The summed E-state index contributed by atoms with van der Waals surface area (Å²) in [7, 11) is 2.18. The maximum Gasteiger partial charge on any atom is 0.203 e. The highest BCUT2D eigenvalue weighted by Crippen LogP contribution is 2.13. The highest BCUT2D eigenvalue weighted by Gasteiger charge is 2.24. The molecule has 1 unspecified atom stereocenters. The third-order valence-corrected chi connectivity index (χ3v) is 4.20. The van der Waals surface area contributed by atoms with Crippen molar-refractivity contribution in [2.45, 2.75) is 26.4 Å². The van der Waals surface area contributed by atoms with Crippen LogP contribution in [0, 0.1) is 17.2 Å². The van der Waals surface area contributed by atoms with E-state index in [1.54, 1.807) is 6.07 Å². The lowest BCUT2D eigenvalue weighted by Crippen LogP contribution is -2.53. The van der Waals surface area contributed by atoms with E-state index in [2.05, 4.69) is 36.0 Å². The molecule has 2 rings (SSSR count). The molecule has 1 N–H and O–H groups in total. The van der Waals surface area contributed by atoms with Crippen LogP contribution in [0.1, 0.15) is 25.4 Å². The van der Waals surface area contributed by atoms with Crippen LogP contribution >= 0.6 is 0 Å². The van der Waals surface area contributed by atoms with Gasteiger partial charge in [0, 0.05) is 38.8 Å². The minimum absolute atomic E-state index is 0.381. The van der Waals surface area contributed by atoms with Crippen molar-refractivity contribution in [3.8, 4) is 6.07 Å². The first-order chi connectivity index (χ1) is 10.1. The molecule has 1 saturated heterocycles. The Balaban J connectivity index is 1.81. The first-order valence-electron chi connectivity index (χ1n) is 7.72. The summed E-state index contributed by atoms with van der Waals surface area (Å²) in [4.78, 5) is 4.97. The average Bonchev–Trinajstić information content (AvgIpc) is 2.92. The van der Waals surface area contributed by atoms with Crippen molar-refractivity contribution in [2.75, 3.05) is 39.8 Å². The van der Waals surface area contributed by atoms with E-state index in [4.69, 9.17) is 9.68 Å². The largest absolute Gasteiger partial charge is 0.449 e. The molecule has 5 nitrogen and oxygen atoms in total. The van der Waals surface area contributed by atoms with Crippen molar-refractivity contribution >= 4 is 0 Å². The van der Waals surface area contributed by atoms with Gasteiger partial charge in [-0.3, -0.25) is 4.90 Å². The molecule has 0 saturated carbocycles. The molecule has 0 amide bonds. The Kier molecular flexibility index (Phi) is 5.80. The summed E-state index contributed by atoms with van der Waals surface area (Å²) < 4.78 is 5.39. The number of rotatable bonds is 6. The molecule has 0 bridgehead atoms. The fourth-order valence-electron chi connectivity index (χ4n) is 2.82. The minimum atomic E-state index is 0.381. The van der Waals surface area contributed by atoms with E-state index in [1.165, 1.54) is 0 Å². The minimum Gasteiger partial charge on any atom is -0.449 e. The Morgan fingerprint density at radius 1 is 1.29 bits per heavy atom. The number of nitriles is 1. The first kappa shape index (κ1) is 16.0. The van der Waals surface area contributed by atoms with Gasteiger partial charge in [-0.15, -0.1) is 0 Å². The lowest BCUT2D eigenvalue weighted by atomic mass is 10.0. The fraction of sp³-hybridized carbons (Fsp3) is 0.688. The Morgan fingerprint density at radius 2 is 2.00 bits per heavy atom. The molecular formula is C16H26N4O. The second kappa shape index (κ2) is 7.60. The zero-order valence-corrected chi connectivity index (χ0v) is 13.3. The standard InChI is InChI=1S/C16H26N4O/c1-13(2)16(20-8-6-19(3)7-9-20)12-18-11-15-5-4-14(10-17)21-15/h4-5,13,16,18H,6-9,11-12H2,1-3H3. The Hall–Kier alpha value is -1.35. The maximum absolute atomic E-state index is 8.75. The van der Waals surface area contributed by atoms with Crippen molar-refractivity contribution in [1.82, 2.24) is 15.1 Å². The summed E-state index contributed by atoms with van der Waals surface area (Å²) in [5.41, 5.74) is 0. The highest BCUT2D eigenvalue weighted by molar-refractivity contribution is 5.18. The lowest BCUT2D eigenvalue weighted by Gasteiger charge is -2.40. The van der Waals surface area contributed by atoms with Crippen molar-refractivity contribution in [1.29, 1.82) is 5.26 Å². The van der Waals surface area contributed by atoms with Gasteiger partial charge in [-0.2, -0.15) is 5.26 Å². The highest BCUT2D eigenvalue weighted by atomic mass is 16.3. The summed E-state index contributed by atoms with van der Waals surface area (Å²) in [5, 5.41) is 12.2. The second-order valence-corrected chi connectivity index (χ2v) is 6.16. The molecular weight excluding hydrogens is 264 g/mol. The first-order valence-corrected chi connectivity index (χ1v) is 7.72. The molecule has 0 aromatic carbocycles. The van der Waals surface area contributed by atoms with Crippen LogP contribution in [-0.2, 0) is 6.54 Å². The van der Waals surface area contributed by atoms with Crippen LogP contribution in [0.15, 0.2) is 16.5 Å². The third-order valence-electron chi connectivity index (χ3n) is 4.20. The SMILES string of the molecule is CC(C)C(CNCc1ccc(C#N)o1)N1CCN(C)CC1. The number of hydrogen-bond donors (Lipinski definition) is 1. The van der Waals surface area contributed by atoms with Crippen LogP contribution in [0.4, 0.5) is 0 Å². The number of piperazine rings is 1. The quantitative estimate of drug-likeness (QED) is 0.861. The molecule has 2 heterocycles. The van der Waals surface area contributed by atoms with Gasteiger partial charge in [0.05, 0.1) is 6.54 Å². The number of furan rings is 1. The van der Waals surface area contributed by atoms with Gasteiger partial charge in [0.2, 0.25) is 5.76 Å². The molecule has 21 heavy (non-hydrogen) atoms. The van der Waals surface area contributed by atoms with E-state index in [0.29, 0.717) is 24.3 Å².